The number of nitrogen functional groups attached to an aromatic ring is 1. The smallest absolute Gasteiger partial charge is 0.244 e. The van der Waals surface area contributed by atoms with Gasteiger partial charge in [0, 0.05) is 23.7 Å². The number of hydrogen-bond acceptors (Lipinski definition) is 4. The van der Waals surface area contributed by atoms with Crippen molar-refractivity contribution in [3.05, 3.63) is 44.6 Å². The molecule has 0 bridgehead atoms. The molecular formula is C14H17BrN2O2S2. The molecule has 7 heteroatoms. The second-order valence-electron chi connectivity index (χ2n) is 4.60. The van der Waals surface area contributed by atoms with Crippen molar-refractivity contribution in [2.24, 2.45) is 0 Å². The lowest BCUT2D eigenvalue weighted by atomic mass is 10.2. The molecule has 0 atom stereocenters. The minimum Gasteiger partial charge on any atom is -0.398 e. The molecule has 2 aromatic rings. The second kappa shape index (κ2) is 6.48. The predicted molar refractivity (Wildman–Crippen MR) is 90.9 cm³/mol. The van der Waals surface area contributed by atoms with E-state index in [4.69, 9.17) is 5.73 Å². The third-order valence-corrected chi connectivity index (χ3v) is 6.94. The van der Waals surface area contributed by atoms with Crippen LogP contribution in [-0.2, 0) is 16.6 Å². The number of anilines is 1. The molecule has 0 saturated carbocycles. The maximum atomic E-state index is 12.8. The van der Waals surface area contributed by atoms with Gasteiger partial charge in [0.1, 0.15) is 0 Å². The lowest BCUT2D eigenvalue weighted by Gasteiger charge is -2.21. The predicted octanol–water partition coefficient (Wildman–Crippen LogP) is 3.61. The molecule has 0 unspecified atom stereocenters. The Kier molecular flexibility index (Phi) is 5.08. The molecule has 0 spiro atoms. The van der Waals surface area contributed by atoms with E-state index in [0.717, 1.165) is 14.2 Å². The van der Waals surface area contributed by atoms with E-state index in [-0.39, 0.29) is 6.54 Å². The molecule has 1 aromatic carbocycles. The van der Waals surface area contributed by atoms with Crippen LogP contribution in [-0.4, -0.2) is 19.3 Å². The molecule has 114 valence electrons. The fourth-order valence-corrected chi connectivity index (χ4v) is 5.87. The number of rotatable bonds is 5. The van der Waals surface area contributed by atoms with Crippen LogP contribution in [0.2, 0.25) is 0 Å². The molecule has 2 rings (SSSR count). The van der Waals surface area contributed by atoms with Crippen LogP contribution in [0.3, 0.4) is 0 Å². The van der Waals surface area contributed by atoms with Crippen LogP contribution in [0.15, 0.2) is 39.0 Å². The fraction of sp³-hybridized carbons (Fsp3) is 0.286. The number of halogens is 1. The maximum absolute atomic E-state index is 12.8. The van der Waals surface area contributed by atoms with Crippen LogP contribution in [0.25, 0.3) is 0 Å². The number of hydrogen-bond donors (Lipinski definition) is 1. The molecule has 0 aliphatic carbocycles. The standard InChI is InChI=1S/C14H17BrN2O2S2/c1-3-17(9-11-6-4-5-7-12(11)16)21(18,19)13-8-14(15)20-10(13)2/h4-8H,3,9,16H2,1-2H3. The number of para-hydroxylation sites is 1. The summed E-state index contributed by atoms with van der Waals surface area (Å²) in [7, 11) is -3.52. The zero-order valence-electron chi connectivity index (χ0n) is 11.8. The Balaban J connectivity index is 2.37. The van der Waals surface area contributed by atoms with Gasteiger partial charge in [-0.1, -0.05) is 25.1 Å². The number of aryl methyl sites for hydroxylation is 1. The highest BCUT2D eigenvalue weighted by atomic mass is 79.9. The van der Waals surface area contributed by atoms with E-state index < -0.39 is 10.0 Å². The second-order valence-corrected chi connectivity index (χ2v) is 9.14. The monoisotopic (exact) mass is 388 g/mol. The average molecular weight is 389 g/mol. The van der Waals surface area contributed by atoms with E-state index in [1.54, 1.807) is 12.1 Å². The highest BCUT2D eigenvalue weighted by Gasteiger charge is 2.27. The largest absolute Gasteiger partial charge is 0.398 e. The van der Waals surface area contributed by atoms with E-state index in [9.17, 15) is 8.42 Å². The van der Waals surface area contributed by atoms with Gasteiger partial charge in [-0.3, -0.25) is 0 Å². The van der Waals surface area contributed by atoms with Crippen LogP contribution < -0.4 is 5.73 Å². The van der Waals surface area contributed by atoms with Gasteiger partial charge >= 0.3 is 0 Å². The molecule has 0 aliphatic rings. The van der Waals surface area contributed by atoms with Crippen LogP contribution in [0.4, 0.5) is 5.69 Å². The topological polar surface area (TPSA) is 63.4 Å². The molecule has 0 fully saturated rings. The fourth-order valence-electron chi connectivity index (χ4n) is 2.06. The summed E-state index contributed by atoms with van der Waals surface area (Å²) in [4.78, 5) is 1.14. The molecule has 0 aliphatic heterocycles. The molecule has 0 saturated heterocycles. The van der Waals surface area contributed by atoms with Crippen LogP contribution >= 0.6 is 27.3 Å². The average Bonchev–Trinajstić information content (AvgIpc) is 2.77. The first-order chi connectivity index (χ1) is 9.86. The summed E-state index contributed by atoms with van der Waals surface area (Å²) in [6.07, 6.45) is 0. The molecule has 2 N–H and O–H groups in total. The molecule has 21 heavy (non-hydrogen) atoms. The first kappa shape index (κ1) is 16.5. The number of benzene rings is 1. The highest BCUT2D eigenvalue weighted by Crippen LogP contribution is 2.32. The van der Waals surface area contributed by atoms with Gasteiger partial charge in [-0.25, -0.2) is 8.42 Å². The van der Waals surface area contributed by atoms with Crippen LogP contribution in [0.5, 0.6) is 0 Å². The van der Waals surface area contributed by atoms with Crippen molar-refractivity contribution in [3.63, 3.8) is 0 Å². The van der Waals surface area contributed by atoms with Crippen molar-refractivity contribution >= 4 is 43.0 Å². The number of nitrogens with two attached hydrogens (primary N) is 1. The first-order valence-corrected chi connectivity index (χ1v) is 9.50. The van der Waals surface area contributed by atoms with Gasteiger partial charge in [0.15, 0.2) is 0 Å². The van der Waals surface area contributed by atoms with Crippen molar-refractivity contribution in [2.45, 2.75) is 25.3 Å². The molecule has 0 amide bonds. The minimum atomic E-state index is -3.52. The van der Waals surface area contributed by atoms with Crippen molar-refractivity contribution < 1.29 is 8.42 Å². The summed E-state index contributed by atoms with van der Waals surface area (Å²) in [6, 6.07) is 8.99. The Morgan fingerprint density at radius 2 is 2.00 bits per heavy atom. The Morgan fingerprint density at radius 1 is 1.33 bits per heavy atom. The summed E-state index contributed by atoms with van der Waals surface area (Å²) in [5.74, 6) is 0. The normalized spacial score (nSPS) is 12.0. The molecule has 1 aromatic heterocycles. The van der Waals surface area contributed by atoms with Gasteiger partial charge in [0.2, 0.25) is 10.0 Å². The molecular weight excluding hydrogens is 372 g/mol. The van der Waals surface area contributed by atoms with Crippen molar-refractivity contribution in [1.82, 2.24) is 4.31 Å². The van der Waals surface area contributed by atoms with E-state index in [2.05, 4.69) is 15.9 Å². The highest BCUT2D eigenvalue weighted by molar-refractivity contribution is 9.11. The Labute approximate surface area is 137 Å². The van der Waals surface area contributed by atoms with E-state index in [0.29, 0.717) is 17.1 Å². The maximum Gasteiger partial charge on any atom is 0.244 e. The van der Waals surface area contributed by atoms with Gasteiger partial charge in [0.25, 0.3) is 0 Å². The van der Waals surface area contributed by atoms with Crippen molar-refractivity contribution in [2.75, 3.05) is 12.3 Å². The zero-order chi connectivity index (χ0) is 15.6. The Morgan fingerprint density at radius 3 is 2.52 bits per heavy atom. The summed E-state index contributed by atoms with van der Waals surface area (Å²) in [5, 5.41) is 0. The van der Waals surface area contributed by atoms with E-state index >= 15 is 0 Å². The molecule has 4 nitrogen and oxygen atoms in total. The van der Waals surface area contributed by atoms with Gasteiger partial charge in [-0.2, -0.15) is 4.31 Å². The number of nitrogens with zero attached hydrogens (tertiary/aromatic N) is 1. The third kappa shape index (κ3) is 3.48. The number of sulfonamides is 1. The van der Waals surface area contributed by atoms with Crippen molar-refractivity contribution in [3.8, 4) is 0 Å². The molecule has 1 heterocycles. The van der Waals surface area contributed by atoms with Crippen molar-refractivity contribution in [1.29, 1.82) is 0 Å². The van der Waals surface area contributed by atoms with Crippen LogP contribution in [0.1, 0.15) is 17.4 Å². The zero-order valence-corrected chi connectivity index (χ0v) is 15.1. The Bertz CT molecular complexity index is 741. The van der Waals surface area contributed by atoms with E-state index in [1.807, 2.05) is 32.0 Å². The van der Waals surface area contributed by atoms with Gasteiger partial charge in [-0.15, -0.1) is 11.3 Å². The van der Waals surface area contributed by atoms with Gasteiger partial charge in [-0.05, 0) is 40.5 Å². The summed E-state index contributed by atoms with van der Waals surface area (Å²) < 4.78 is 27.8. The lowest BCUT2D eigenvalue weighted by molar-refractivity contribution is 0.424. The first-order valence-electron chi connectivity index (χ1n) is 6.45. The van der Waals surface area contributed by atoms with E-state index in [1.165, 1.54) is 15.6 Å². The van der Waals surface area contributed by atoms with Crippen LogP contribution in [0, 0.1) is 6.92 Å². The van der Waals surface area contributed by atoms with Gasteiger partial charge in [0.05, 0.1) is 8.68 Å². The molecule has 0 radical (unpaired) electrons. The quantitative estimate of drug-likeness (QED) is 0.795. The SMILES string of the molecule is CCN(Cc1ccccc1N)S(=O)(=O)c1cc(Br)sc1C. The summed E-state index contributed by atoms with van der Waals surface area (Å²) in [6.45, 7) is 4.31. The number of thiophene rings is 1. The summed E-state index contributed by atoms with van der Waals surface area (Å²) in [5.41, 5.74) is 7.33. The summed E-state index contributed by atoms with van der Waals surface area (Å²) >= 11 is 4.76. The van der Waals surface area contributed by atoms with Gasteiger partial charge < -0.3 is 5.73 Å². The third-order valence-electron chi connectivity index (χ3n) is 3.21. The minimum absolute atomic E-state index is 0.276. The Hall–Kier alpha value is -0.890. The lowest BCUT2D eigenvalue weighted by Crippen LogP contribution is -2.30.